The maximum absolute atomic E-state index is 6.06. The molecular weight excluding hydrogens is 250 g/mol. The molecule has 0 aliphatic carbocycles. The molecule has 0 aromatic carbocycles. The summed E-state index contributed by atoms with van der Waals surface area (Å²) >= 11 is 6.06. The Morgan fingerprint density at radius 3 is 2.83 bits per heavy atom. The van der Waals surface area contributed by atoms with Crippen LogP contribution in [0.15, 0.2) is 0 Å². The average molecular weight is 272 g/mol. The van der Waals surface area contributed by atoms with Crippen molar-refractivity contribution < 1.29 is 4.74 Å². The Morgan fingerprint density at radius 1 is 1.50 bits per heavy atom. The van der Waals surface area contributed by atoms with Crippen LogP contribution in [0.4, 0.5) is 5.82 Å². The van der Waals surface area contributed by atoms with E-state index in [-0.39, 0.29) is 6.10 Å². The molecule has 1 fully saturated rings. The van der Waals surface area contributed by atoms with Gasteiger partial charge in [-0.3, -0.25) is 4.68 Å². The van der Waals surface area contributed by atoms with Gasteiger partial charge in [0.15, 0.2) is 0 Å². The van der Waals surface area contributed by atoms with Crippen LogP contribution in [0.25, 0.3) is 0 Å². The van der Waals surface area contributed by atoms with Crippen molar-refractivity contribution in [1.29, 1.82) is 0 Å². The highest BCUT2D eigenvalue weighted by atomic mass is 35.5. The van der Waals surface area contributed by atoms with Crippen LogP contribution in [0, 0.1) is 12.8 Å². The Balaban J connectivity index is 2.26. The molecule has 0 saturated carbocycles. The fourth-order valence-electron chi connectivity index (χ4n) is 2.77. The predicted octanol–water partition coefficient (Wildman–Crippen LogP) is 2.33. The third kappa shape index (κ3) is 2.36. The monoisotopic (exact) mass is 271 g/mol. The SMILES string of the molecule is COC1CN(c2c(CCl)c(C)nn2C)CCC1C. The van der Waals surface area contributed by atoms with Gasteiger partial charge in [-0.2, -0.15) is 5.10 Å². The molecule has 0 N–H and O–H groups in total. The molecule has 2 heterocycles. The number of alkyl halides is 1. The summed E-state index contributed by atoms with van der Waals surface area (Å²) in [6.07, 6.45) is 1.43. The first-order valence-electron chi connectivity index (χ1n) is 6.44. The van der Waals surface area contributed by atoms with Gasteiger partial charge < -0.3 is 9.64 Å². The Morgan fingerprint density at radius 2 is 2.22 bits per heavy atom. The van der Waals surface area contributed by atoms with E-state index in [9.17, 15) is 0 Å². The molecule has 2 rings (SSSR count). The number of ether oxygens (including phenoxy) is 1. The molecule has 1 aliphatic rings. The van der Waals surface area contributed by atoms with Crippen LogP contribution < -0.4 is 4.90 Å². The highest BCUT2D eigenvalue weighted by Gasteiger charge is 2.29. The van der Waals surface area contributed by atoms with Crippen molar-refractivity contribution in [2.45, 2.75) is 32.3 Å². The van der Waals surface area contributed by atoms with Crippen LogP contribution in [0.5, 0.6) is 0 Å². The Kier molecular flexibility index (Phi) is 4.17. The molecule has 4 nitrogen and oxygen atoms in total. The van der Waals surface area contributed by atoms with E-state index in [1.54, 1.807) is 7.11 Å². The first-order valence-corrected chi connectivity index (χ1v) is 6.98. The molecule has 1 aromatic heterocycles. The van der Waals surface area contributed by atoms with Crippen molar-refractivity contribution in [2.75, 3.05) is 25.1 Å². The topological polar surface area (TPSA) is 30.3 Å². The molecule has 0 amide bonds. The maximum Gasteiger partial charge on any atom is 0.131 e. The molecule has 2 atom stereocenters. The lowest BCUT2D eigenvalue weighted by Gasteiger charge is -2.37. The molecule has 1 aromatic rings. The van der Waals surface area contributed by atoms with Gasteiger partial charge in [0.25, 0.3) is 0 Å². The lowest BCUT2D eigenvalue weighted by Crippen LogP contribution is -2.44. The Hall–Kier alpha value is -0.740. The first kappa shape index (κ1) is 13.7. The van der Waals surface area contributed by atoms with Gasteiger partial charge >= 0.3 is 0 Å². The van der Waals surface area contributed by atoms with Gasteiger partial charge in [0.05, 0.1) is 17.7 Å². The minimum absolute atomic E-state index is 0.289. The summed E-state index contributed by atoms with van der Waals surface area (Å²) in [7, 11) is 3.78. The molecule has 0 radical (unpaired) electrons. The summed E-state index contributed by atoms with van der Waals surface area (Å²) in [6, 6.07) is 0. The van der Waals surface area contributed by atoms with Crippen molar-refractivity contribution in [3.8, 4) is 0 Å². The molecule has 5 heteroatoms. The van der Waals surface area contributed by atoms with Crippen LogP contribution in [0.3, 0.4) is 0 Å². The molecule has 1 aliphatic heterocycles. The van der Waals surface area contributed by atoms with Gasteiger partial charge in [-0.1, -0.05) is 6.92 Å². The molecule has 2 unspecified atom stereocenters. The van der Waals surface area contributed by atoms with Crippen molar-refractivity contribution >= 4 is 17.4 Å². The van der Waals surface area contributed by atoms with Crippen molar-refractivity contribution in [1.82, 2.24) is 9.78 Å². The quantitative estimate of drug-likeness (QED) is 0.791. The second kappa shape index (κ2) is 5.49. The molecule has 18 heavy (non-hydrogen) atoms. The van der Waals surface area contributed by atoms with Crippen LogP contribution in [-0.4, -0.2) is 36.1 Å². The average Bonchev–Trinajstić information content (AvgIpc) is 2.64. The summed E-state index contributed by atoms with van der Waals surface area (Å²) in [5, 5.41) is 4.48. The molecule has 1 saturated heterocycles. The number of rotatable bonds is 3. The number of hydrogen-bond donors (Lipinski definition) is 0. The van der Waals surface area contributed by atoms with E-state index in [1.807, 2.05) is 18.7 Å². The van der Waals surface area contributed by atoms with E-state index in [1.165, 1.54) is 0 Å². The number of nitrogens with zero attached hydrogens (tertiary/aromatic N) is 3. The second-order valence-corrected chi connectivity index (χ2v) is 5.40. The molecule has 0 spiro atoms. The lowest BCUT2D eigenvalue weighted by atomic mass is 9.95. The third-order valence-corrected chi connectivity index (χ3v) is 4.21. The minimum atomic E-state index is 0.289. The summed E-state index contributed by atoms with van der Waals surface area (Å²) in [6.45, 7) is 6.23. The van der Waals surface area contributed by atoms with Crippen molar-refractivity contribution in [3.05, 3.63) is 11.3 Å². The van der Waals surface area contributed by atoms with Gasteiger partial charge in [-0.15, -0.1) is 11.6 Å². The molecular formula is C13H22ClN3O. The van der Waals surface area contributed by atoms with Crippen molar-refractivity contribution in [2.24, 2.45) is 13.0 Å². The zero-order chi connectivity index (χ0) is 13.3. The smallest absolute Gasteiger partial charge is 0.131 e. The van der Waals surface area contributed by atoms with Gasteiger partial charge in [0.2, 0.25) is 0 Å². The zero-order valence-electron chi connectivity index (χ0n) is 11.6. The number of piperidine rings is 1. The first-order chi connectivity index (χ1) is 8.58. The van der Waals surface area contributed by atoms with E-state index < -0.39 is 0 Å². The normalized spacial score (nSPS) is 24.6. The van der Waals surface area contributed by atoms with Crippen LogP contribution in [0.1, 0.15) is 24.6 Å². The number of methoxy groups -OCH3 is 1. The molecule has 102 valence electrons. The van der Waals surface area contributed by atoms with Crippen molar-refractivity contribution in [3.63, 3.8) is 0 Å². The predicted molar refractivity (Wildman–Crippen MR) is 74.3 cm³/mol. The van der Waals surface area contributed by atoms with E-state index >= 15 is 0 Å². The number of anilines is 1. The largest absolute Gasteiger partial charge is 0.379 e. The minimum Gasteiger partial charge on any atom is -0.379 e. The highest BCUT2D eigenvalue weighted by Crippen LogP contribution is 2.29. The Bertz CT molecular complexity index is 419. The number of halogens is 1. The van der Waals surface area contributed by atoms with Gasteiger partial charge in [-0.05, 0) is 19.3 Å². The summed E-state index contributed by atoms with van der Waals surface area (Å²) < 4.78 is 7.51. The zero-order valence-corrected chi connectivity index (χ0v) is 12.4. The number of aryl methyl sites for hydroxylation is 2. The number of aromatic nitrogens is 2. The van der Waals surface area contributed by atoms with E-state index in [4.69, 9.17) is 16.3 Å². The maximum atomic E-state index is 6.06. The summed E-state index contributed by atoms with van der Waals surface area (Å²) in [5.41, 5.74) is 2.17. The fourth-order valence-corrected chi connectivity index (χ4v) is 3.09. The standard InChI is InChI=1S/C13H22ClN3O/c1-9-5-6-17(8-12(9)18-4)13-11(7-14)10(2)15-16(13)3/h9,12H,5-8H2,1-4H3. The lowest BCUT2D eigenvalue weighted by molar-refractivity contribution is 0.0494. The van der Waals surface area contributed by atoms with E-state index in [0.29, 0.717) is 11.8 Å². The van der Waals surface area contributed by atoms with Crippen LogP contribution in [0.2, 0.25) is 0 Å². The molecule has 0 bridgehead atoms. The van der Waals surface area contributed by atoms with Gasteiger partial charge in [0, 0.05) is 32.8 Å². The second-order valence-electron chi connectivity index (χ2n) is 5.13. The third-order valence-electron chi connectivity index (χ3n) is 3.94. The fraction of sp³-hybridized carbons (Fsp3) is 0.769. The Labute approximate surface area is 114 Å². The summed E-state index contributed by atoms with van der Waals surface area (Å²) in [5.74, 6) is 2.27. The van der Waals surface area contributed by atoms with E-state index in [0.717, 1.165) is 36.6 Å². The van der Waals surface area contributed by atoms with Gasteiger partial charge in [-0.25, -0.2) is 0 Å². The highest BCUT2D eigenvalue weighted by molar-refractivity contribution is 6.17. The van der Waals surface area contributed by atoms with Gasteiger partial charge in [0.1, 0.15) is 5.82 Å². The van der Waals surface area contributed by atoms with E-state index in [2.05, 4.69) is 16.9 Å². The van der Waals surface area contributed by atoms with Crippen LogP contribution >= 0.6 is 11.6 Å². The number of hydrogen-bond acceptors (Lipinski definition) is 3. The van der Waals surface area contributed by atoms with Crippen LogP contribution in [-0.2, 0) is 17.7 Å². The summed E-state index contributed by atoms with van der Waals surface area (Å²) in [4.78, 5) is 2.35.